The van der Waals surface area contributed by atoms with Crippen LogP contribution in [0, 0.1) is 12.3 Å². The van der Waals surface area contributed by atoms with Gasteiger partial charge < -0.3 is 16.2 Å². The Bertz CT molecular complexity index is 374. The van der Waals surface area contributed by atoms with Crippen LogP contribution in [0.25, 0.3) is 0 Å². The van der Waals surface area contributed by atoms with Gasteiger partial charge in [0.05, 0.1) is 7.11 Å². The zero-order chi connectivity index (χ0) is 13.1. The number of nitrogens with two attached hydrogens (primary N) is 2. The van der Waals surface area contributed by atoms with Gasteiger partial charge in [0.1, 0.15) is 5.75 Å². The van der Waals surface area contributed by atoms with Crippen molar-refractivity contribution >= 4 is 0 Å². The number of methoxy groups -OCH3 is 1. The van der Waals surface area contributed by atoms with E-state index in [9.17, 15) is 0 Å². The van der Waals surface area contributed by atoms with Crippen molar-refractivity contribution in [3.05, 3.63) is 29.3 Å². The summed E-state index contributed by atoms with van der Waals surface area (Å²) < 4.78 is 5.25. The van der Waals surface area contributed by atoms with Crippen molar-refractivity contribution in [2.45, 2.75) is 33.2 Å². The highest BCUT2D eigenvalue weighted by molar-refractivity contribution is 5.37. The molecule has 0 aliphatic carbocycles. The average molecular weight is 236 g/mol. The first kappa shape index (κ1) is 14.0. The van der Waals surface area contributed by atoms with Crippen molar-refractivity contribution < 1.29 is 4.74 Å². The lowest BCUT2D eigenvalue weighted by Crippen LogP contribution is -2.31. The molecule has 0 aliphatic rings. The van der Waals surface area contributed by atoms with Crippen LogP contribution < -0.4 is 16.2 Å². The topological polar surface area (TPSA) is 61.3 Å². The van der Waals surface area contributed by atoms with Crippen molar-refractivity contribution in [1.29, 1.82) is 0 Å². The van der Waals surface area contributed by atoms with Gasteiger partial charge in [0.15, 0.2) is 0 Å². The molecule has 1 atom stereocenters. The molecule has 0 heterocycles. The zero-order valence-corrected chi connectivity index (χ0v) is 11.3. The van der Waals surface area contributed by atoms with Gasteiger partial charge in [-0.25, -0.2) is 0 Å². The Balaban J connectivity index is 2.96. The highest BCUT2D eigenvalue weighted by Crippen LogP contribution is 2.35. The highest BCUT2D eigenvalue weighted by Gasteiger charge is 2.27. The molecule has 0 radical (unpaired) electrons. The first-order chi connectivity index (χ1) is 7.92. The van der Waals surface area contributed by atoms with E-state index in [0.717, 1.165) is 23.3 Å². The summed E-state index contributed by atoms with van der Waals surface area (Å²) in [6.07, 6.45) is 0.916. The average Bonchev–Trinajstić information content (AvgIpc) is 2.27. The molecule has 0 aliphatic heterocycles. The molecule has 0 saturated heterocycles. The van der Waals surface area contributed by atoms with Crippen LogP contribution >= 0.6 is 0 Å². The maximum absolute atomic E-state index is 6.32. The maximum Gasteiger partial charge on any atom is 0.121 e. The molecule has 0 fully saturated rings. The smallest absolute Gasteiger partial charge is 0.121 e. The minimum Gasteiger partial charge on any atom is -0.496 e. The lowest BCUT2D eigenvalue weighted by molar-refractivity contribution is 0.270. The first-order valence-corrected chi connectivity index (χ1v) is 6.02. The van der Waals surface area contributed by atoms with Crippen LogP contribution in [0.2, 0.25) is 0 Å². The van der Waals surface area contributed by atoms with Crippen LogP contribution in [-0.2, 0) is 0 Å². The fourth-order valence-corrected chi connectivity index (χ4v) is 2.07. The van der Waals surface area contributed by atoms with Gasteiger partial charge in [0, 0.05) is 6.04 Å². The third-order valence-corrected chi connectivity index (χ3v) is 3.41. The van der Waals surface area contributed by atoms with Gasteiger partial charge in [0.2, 0.25) is 0 Å². The number of benzene rings is 1. The summed E-state index contributed by atoms with van der Waals surface area (Å²) in [6.45, 7) is 7.01. The van der Waals surface area contributed by atoms with Crippen molar-refractivity contribution in [1.82, 2.24) is 0 Å². The number of hydrogen-bond donors (Lipinski definition) is 2. The molecule has 96 valence electrons. The van der Waals surface area contributed by atoms with Crippen LogP contribution in [0.3, 0.4) is 0 Å². The van der Waals surface area contributed by atoms with Crippen LogP contribution in [-0.4, -0.2) is 13.7 Å². The van der Waals surface area contributed by atoms with Gasteiger partial charge >= 0.3 is 0 Å². The normalized spacial score (nSPS) is 13.5. The molecule has 0 bridgehead atoms. The summed E-state index contributed by atoms with van der Waals surface area (Å²) in [6, 6.07) is 6.11. The fraction of sp³-hybridized carbons (Fsp3) is 0.571. The van der Waals surface area contributed by atoms with Crippen molar-refractivity contribution in [3.8, 4) is 5.75 Å². The number of rotatable bonds is 5. The molecule has 0 amide bonds. The minimum absolute atomic E-state index is 0.00402. The Morgan fingerprint density at radius 3 is 2.47 bits per heavy atom. The van der Waals surface area contributed by atoms with E-state index in [1.807, 2.05) is 19.1 Å². The third kappa shape index (κ3) is 3.20. The maximum atomic E-state index is 6.32. The first-order valence-electron chi connectivity index (χ1n) is 6.02. The van der Waals surface area contributed by atoms with Crippen LogP contribution in [0.15, 0.2) is 18.2 Å². The number of aryl methyl sites for hydroxylation is 1. The number of ether oxygens (including phenoxy) is 1. The second-order valence-electron chi connectivity index (χ2n) is 5.23. The third-order valence-electron chi connectivity index (χ3n) is 3.41. The largest absolute Gasteiger partial charge is 0.496 e. The molecule has 1 aromatic carbocycles. The van der Waals surface area contributed by atoms with E-state index in [0.29, 0.717) is 6.54 Å². The molecule has 3 nitrogen and oxygen atoms in total. The molecule has 0 spiro atoms. The second-order valence-corrected chi connectivity index (χ2v) is 5.23. The van der Waals surface area contributed by atoms with E-state index >= 15 is 0 Å². The summed E-state index contributed by atoms with van der Waals surface area (Å²) in [7, 11) is 1.68. The second kappa shape index (κ2) is 5.52. The van der Waals surface area contributed by atoms with E-state index in [4.69, 9.17) is 16.2 Å². The van der Waals surface area contributed by atoms with E-state index in [1.165, 1.54) is 0 Å². The van der Waals surface area contributed by atoms with Gasteiger partial charge in [-0.3, -0.25) is 0 Å². The number of hydrogen-bond acceptors (Lipinski definition) is 3. The Labute approximate surface area is 104 Å². The van der Waals surface area contributed by atoms with Gasteiger partial charge in [-0.1, -0.05) is 26.0 Å². The van der Waals surface area contributed by atoms with E-state index in [-0.39, 0.29) is 11.5 Å². The molecule has 17 heavy (non-hydrogen) atoms. The molecular formula is C14H24N2O. The molecule has 0 saturated carbocycles. The van der Waals surface area contributed by atoms with Crippen LogP contribution in [0.1, 0.15) is 37.4 Å². The molecule has 1 unspecified atom stereocenters. The van der Waals surface area contributed by atoms with E-state index in [1.54, 1.807) is 7.11 Å². The van der Waals surface area contributed by atoms with Crippen molar-refractivity contribution in [3.63, 3.8) is 0 Å². The van der Waals surface area contributed by atoms with Crippen molar-refractivity contribution in [2.24, 2.45) is 16.9 Å². The van der Waals surface area contributed by atoms with Gasteiger partial charge in [-0.2, -0.15) is 0 Å². The van der Waals surface area contributed by atoms with E-state index in [2.05, 4.69) is 19.9 Å². The molecular weight excluding hydrogens is 212 g/mol. The highest BCUT2D eigenvalue weighted by atomic mass is 16.5. The SMILES string of the molecule is COc1ccc(C(N)C(C)(C)CCN)cc1C. The minimum atomic E-state index is -0.00402. The molecule has 1 rings (SSSR count). The monoisotopic (exact) mass is 236 g/mol. The summed E-state index contributed by atoms with van der Waals surface area (Å²) in [5, 5.41) is 0. The quantitative estimate of drug-likeness (QED) is 0.825. The summed E-state index contributed by atoms with van der Waals surface area (Å²) >= 11 is 0. The van der Waals surface area contributed by atoms with Gasteiger partial charge in [0.25, 0.3) is 0 Å². The fourth-order valence-electron chi connectivity index (χ4n) is 2.07. The van der Waals surface area contributed by atoms with Gasteiger partial charge in [-0.15, -0.1) is 0 Å². The van der Waals surface area contributed by atoms with Crippen LogP contribution in [0.5, 0.6) is 5.75 Å². The molecule has 4 N–H and O–H groups in total. The predicted octanol–water partition coefficient (Wildman–Crippen LogP) is 2.38. The molecule has 3 heteroatoms. The Morgan fingerprint density at radius 2 is 2.00 bits per heavy atom. The van der Waals surface area contributed by atoms with Gasteiger partial charge in [-0.05, 0) is 42.5 Å². The Morgan fingerprint density at radius 1 is 1.35 bits per heavy atom. The van der Waals surface area contributed by atoms with Crippen molar-refractivity contribution in [2.75, 3.05) is 13.7 Å². The van der Waals surface area contributed by atoms with Crippen LogP contribution in [0.4, 0.5) is 0 Å². The Hall–Kier alpha value is -1.06. The lowest BCUT2D eigenvalue weighted by atomic mass is 9.78. The summed E-state index contributed by atoms with van der Waals surface area (Å²) in [5.74, 6) is 0.901. The molecule has 1 aromatic rings. The summed E-state index contributed by atoms with van der Waals surface area (Å²) in [4.78, 5) is 0. The lowest BCUT2D eigenvalue weighted by Gasteiger charge is -2.32. The Kier molecular flexibility index (Phi) is 4.54. The van der Waals surface area contributed by atoms with E-state index < -0.39 is 0 Å². The molecule has 0 aromatic heterocycles. The predicted molar refractivity (Wildman–Crippen MR) is 72.1 cm³/mol. The zero-order valence-electron chi connectivity index (χ0n) is 11.3. The summed E-state index contributed by atoms with van der Waals surface area (Å²) in [5.41, 5.74) is 14.2. The standard InChI is InChI=1S/C14H24N2O/c1-10-9-11(5-6-12(10)17-4)13(16)14(2,3)7-8-15/h5-6,9,13H,7-8,15-16H2,1-4H3.